The fourth-order valence-electron chi connectivity index (χ4n) is 3.66. The summed E-state index contributed by atoms with van der Waals surface area (Å²) in [6, 6.07) is 20.2. The highest BCUT2D eigenvalue weighted by molar-refractivity contribution is 6.16. The molecule has 0 aromatic heterocycles. The number of hydrogen-bond acceptors (Lipinski definition) is 0. The molecule has 3 aromatic rings. The molecule has 1 aliphatic carbocycles. The van der Waals surface area contributed by atoms with E-state index < -0.39 is 0 Å². The first-order chi connectivity index (χ1) is 10.4. The van der Waals surface area contributed by atoms with Crippen molar-refractivity contribution in [3.8, 4) is 22.3 Å². The van der Waals surface area contributed by atoms with E-state index in [2.05, 4.69) is 61.5 Å². The third-order valence-electron chi connectivity index (χ3n) is 4.67. The van der Waals surface area contributed by atoms with Crippen LogP contribution in [0.3, 0.4) is 0 Å². The van der Waals surface area contributed by atoms with Gasteiger partial charge in [0.25, 0.3) is 0 Å². The monoisotopic (exact) mass is 272 g/mol. The maximum Gasteiger partial charge on any atom is -0.00236 e. The Balaban J connectivity index is 1.96. The van der Waals surface area contributed by atoms with Crippen LogP contribution in [-0.2, 0) is 6.42 Å². The molecule has 1 aliphatic rings. The van der Waals surface area contributed by atoms with Gasteiger partial charge in [0.05, 0.1) is 0 Å². The molecule has 0 aliphatic heterocycles. The van der Waals surface area contributed by atoms with E-state index in [0.29, 0.717) is 0 Å². The Kier molecular flexibility index (Phi) is 3.03. The van der Waals surface area contributed by atoms with E-state index in [1.165, 1.54) is 64.3 Å². The van der Waals surface area contributed by atoms with Crippen molar-refractivity contribution in [2.45, 2.75) is 32.6 Å². The molecule has 104 valence electrons. The number of hydrogen-bond donors (Lipinski definition) is 0. The molecular weight excluding hydrogens is 252 g/mol. The standard InChI is InChI=1S/C21H20/c1-2-3-4-8-15-13-14-16-9-7-12-19-17-10-5-6-11-18(17)20(15)21(16)19/h5-7,9-14H,2-4,8H2,1H3. The lowest BCUT2D eigenvalue weighted by Crippen LogP contribution is -1.90. The lowest BCUT2D eigenvalue weighted by Gasteiger charge is -2.10. The second-order valence-corrected chi connectivity index (χ2v) is 6.01. The Morgan fingerprint density at radius 1 is 0.714 bits per heavy atom. The Morgan fingerprint density at radius 3 is 2.38 bits per heavy atom. The highest BCUT2D eigenvalue weighted by Gasteiger charge is 2.22. The second-order valence-electron chi connectivity index (χ2n) is 6.01. The van der Waals surface area contributed by atoms with E-state index in [-0.39, 0.29) is 0 Å². The van der Waals surface area contributed by atoms with Crippen LogP contribution in [0.4, 0.5) is 0 Å². The van der Waals surface area contributed by atoms with Crippen LogP contribution in [0.5, 0.6) is 0 Å². The average Bonchev–Trinajstić information content (AvgIpc) is 2.87. The third-order valence-corrected chi connectivity index (χ3v) is 4.67. The molecule has 0 atom stereocenters. The zero-order valence-electron chi connectivity index (χ0n) is 12.5. The summed E-state index contributed by atoms with van der Waals surface area (Å²) in [6.45, 7) is 2.27. The molecule has 0 spiro atoms. The predicted octanol–water partition coefficient (Wildman–Crippen LogP) is 6.22. The van der Waals surface area contributed by atoms with Crippen molar-refractivity contribution < 1.29 is 0 Å². The maximum atomic E-state index is 2.35. The van der Waals surface area contributed by atoms with E-state index in [4.69, 9.17) is 0 Å². The van der Waals surface area contributed by atoms with E-state index in [1.54, 1.807) is 0 Å². The van der Waals surface area contributed by atoms with Crippen LogP contribution in [0.15, 0.2) is 54.6 Å². The maximum absolute atomic E-state index is 2.35. The van der Waals surface area contributed by atoms with Crippen LogP contribution in [0.1, 0.15) is 31.7 Å². The minimum atomic E-state index is 1.20. The molecule has 0 nitrogen and oxygen atoms in total. The summed E-state index contributed by atoms with van der Waals surface area (Å²) in [5.41, 5.74) is 7.26. The van der Waals surface area contributed by atoms with Gasteiger partial charge < -0.3 is 0 Å². The zero-order chi connectivity index (χ0) is 14.2. The molecule has 0 saturated carbocycles. The fraction of sp³-hybridized carbons (Fsp3) is 0.238. The summed E-state index contributed by atoms with van der Waals surface area (Å²) < 4.78 is 0. The van der Waals surface area contributed by atoms with Crippen molar-refractivity contribution in [1.29, 1.82) is 0 Å². The highest BCUT2D eigenvalue weighted by Crippen LogP contribution is 2.48. The Hall–Kier alpha value is -2.08. The topological polar surface area (TPSA) is 0 Å². The van der Waals surface area contributed by atoms with Crippen LogP contribution in [0.25, 0.3) is 33.0 Å². The van der Waals surface area contributed by atoms with Gasteiger partial charge in [-0.05, 0) is 51.4 Å². The van der Waals surface area contributed by atoms with E-state index in [0.717, 1.165) is 0 Å². The summed E-state index contributed by atoms with van der Waals surface area (Å²) >= 11 is 0. The first kappa shape index (κ1) is 12.6. The molecule has 0 N–H and O–H groups in total. The highest BCUT2D eigenvalue weighted by atomic mass is 14.3. The quantitative estimate of drug-likeness (QED) is 0.387. The molecule has 0 heteroatoms. The first-order valence-corrected chi connectivity index (χ1v) is 8.04. The molecule has 0 amide bonds. The van der Waals surface area contributed by atoms with Gasteiger partial charge in [-0.25, -0.2) is 0 Å². The van der Waals surface area contributed by atoms with Crippen LogP contribution < -0.4 is 0 Å². The lowest BCUT2D eigenvalue weighted by molar-refractivity contribution is 0.718. The van der Waals surface area contributed by atoms with Gasteiger partial charge in [0.2, 0.25) is 0 Å². The molecule has 0 fully saturated rings. The number of fused-ring (bicyclic) bond motifs is 3. The molecule has 0 unspecified atom stereocenters. The first-order valence-electron chi connectivity index (χ1n) is 8.04. The van der Waals surface area contributed by atoms with Gasteiger partial charge in [-0.3, -0.25) is 0 Å². The number of rotatable bonds is 4. The minimum Gasteiger partial charge on any atom is -0.0654 e. The van der Waals surface area contributed by atoms with Crippen molar-refractivity contribution >= 4 is 10.8 Å². The van der Waals surface area contributed by atoms with Gasteiger partial charge in [-0.1, -0.05) is 74.4 Å². The predicted molar refractivity (Wildman–Crippen MR) is 91.6 cm³/mol. The van der Waals surface area contributed by atoms with Gasteiger partial charge in [0, 0.05) is 0 Å². The largest absolute Gasteiger partial charge is 0.0654 e. The van der Waals surface area contributed by atoms with Crippen LogP contribution in [0, 0.1) is 0 Å². The third kappa shape index (κ3) is 1.90. The van der Waals surface area contributed by atoms with Crippen molar-refractivity contribution in [3.05, 3.63) is 60.2 Å². The van der Waals surface area contributed by atoms with Crippen molar-refractivity contribution in [2.75, 3.05) is 0 Å². The van der Waals surface area contributed by atoms with E-state index in [9.17, 15) is 0 Å². The summed E-state index contributed by atoms with van der Waals surface area (Å²) in [6.07, 6.45) is 5.09. The normalized spacial score (nSPS) is 11.9. The van der Waals surface area contributed by atoms with Crippen LogP contribution >= 0.6 is 0 Å². The molecule has 0 radical (unpaired) electrons. The van der Waals surface area contributed by atoms with Crippen LogP contribution in [-0.4, -0.2) is 0 Å². The SMILES string of the molecule is CCCCCc1ccc2cccc3c2c1-c1ccccc1-3. The fourth-order valence-corrected chi connectivity index (χ4v) is 3.66. The molecule has 3 aromatic carbocycles. The number of aryl methyl sites for hydroxylation is 1. The van der Waals surface area contributed by atoms with Gasteiger partial charge in [0.1, 0.15) is 0 Å². The van der Waals surface area contributed by atoms with Crippen molar-refractivity contribution in [1.82, 2.24) is 0 Å². The Labute approximate surface area is 126 Å². The summed E-state index contributed by atoms with van der Waals surface area (Å²) in [7, 11) is 0. The zero-order valence-corrected chi connectivity index (χ0v) is 12.5. The van der Waals surface area contributed by atoms with Crippen LogP contribution in [0.2, 0.25) is 0 Å². The minimum absolute atomic E-state index is 1.20. The van der Waals surface area contributed by atoms with Gasteiger partial charge >= 0.3 is 0 Å². The molecule has 4 rings (SSSR count). The molecule has 0 saturated heterocycles. The Morgan fingerprint density at radius 2 is 1.52 bits per heavy atom. The summed E-state index contributed by atoms with van der Waals surface area (Å²) in [5, 5.41) is 2.84. The summed E-state index contributed by atoms with van der Waals surface area (Å²) in [4.78, 5) is 0. The second kappa shape index (κ2) is 5.04. The number of unbranched alkanes of at least 4 members (excludes halogenated alkanes) is 2. The van der Waals surface area contributed by atoms with E-state index >= 15 is 0 Å². The van der Waals surface area contributed by atoms with Crippen molar-refractivity contribution in [2.24, 2.45) is 0 Å². The van der Waals surface area contributed by atoms with Gasteiger partial charge in [0.15, 0.2) is 0 Å². The van der Waals surface area contributed by atoms with E-state index in [1.807, 2.05) is 0 Å². The molecule has 21 heavy (non-hydrogen) atoms. The van der Waals surface area contributed by atoms with Crippen molar-refractivity contribution in [3.63, 3.8) is 0 Å². The lowest BCUT2D eigenvalue weighted by atomic mass is 9.94. The Bertz CT molecular complexity index is 811. The van der Waals surface area contributed by atoms with Gasteiger partial charge in [-0.15, -0.1) is 0 Å². The molecular formula is C21H20. The average molecular weight is 272 g/mol. The number of benzene rings is 3. The molecule has 0 bridgehead atoms. The smallest absolute Gasteiger partial charge is 0.00236 e. The summed E-state index contributed by atoms with van der Waals surface area (Å²) in [5.74, 6) is 0. The van der Waals surface area contributed by atoms with Gasteiger partial charge in [-0.2, -0.15) is 0 Å². The molecule has 0 heterocycles.